The molecule has 7 heteroatoms. The fourth-order valence-corrected chi connectivity index (χ4v) is 2.58. The summed E-state index contributed by atoms with van der Waals surface area (Å²) in [6.45, 7) is 3.40. The minimum absolute atomic E-state index is 0.158. The van der Waals surface area contributed by atoms with Crippen molar-refractivity contribution in [1.82, 2.24) is 5.32 Å². The third-order valence-corrected chi connectivity index (χ3v) is 4.12. The van der Waals surface area contributed by atoms with Crippen molar-refractivity contribution in [3.63, 3.8) is 0 Å². The van der Waals surface area contributed by atoms with Gasteiger partial charge in [-0.1, -0.05) is 23.8 Å². The Morgan fingerprint density at radius 1 is 1.14 bits per heavy atom. The fraction of sp³-hybridized carbons (Fsp3) is 0.190. The van der Waals surface area contributed by atoms with Crippen molar-refractivity contribution < 1.29 is 23.1 Å². The molecule has 0 aliphatic rings. The van der Waals surface area contributed by atoms with Gasteiger partial charge in [0.05, 0.1) is 5.39 Å². The summed E-state index contributed by atoms with van der Waals surface area (Å²) in [5.41, 5.74) is 1.48. The Bertz CT molecular complexity index is 1090. The molecule has 1 atom stereocenters. The minimum Gasteiger partial charge on any atom is -0.449 e. The Hall–Kier alpha value is -3.48. The Morgan fingerprint density at radius 2 is 1.86 bits per heavy atom. The molecular formula is C21H18FNO5. The van der Waals surface area contributed by atoms with E-state index in [4.69, 9.17) is 9.15 Å². The van der Waals surface area contributed by atoms with E-state index in [-0.39, 0.29) is 29.1 Å². The lowest BCUT2D eigenvalue weighted by Crippen LogP contribution is -2.35. The number of benzene rings is 2. The number of rotatable bonds is 5. The number of hydrogen-bond acceptors (Lipinski definition) is 5. The van der Waals surface area contributed by atoms with Crippen molar-refractivity contribution >= 4 is 22.8 Å². The Morgan fingerprint density at radius 3 is 2.57 bits per heavy atom. The molecule has 0 aliphatic heterocycles. The van der Waals surface area contributed by atoms with Crippen molar-refractivity contribution in [1.29, 1.82) is 0 Å². The molecular weight excluding hydrogens is 365 g/mol. The van der Waals surface area contributed by atoms with Crippen LogP contribution in [0.25, 0.3) is 11.0 Å². The molecule has 0 saturated carbocycles. The predicted octanol–water partition coefficient (Wildman–Crippen LogP) is 3.10. The van der Waals surface area contributed by atoms with Crippen LogP contribution in [0.15, 0.2) is 57.7 Å². The molecule has 0 radical (unpaired) electrons. The smallest absolute Gasteiger partial charge is 0.375 e. The van der Waals surface area contributed by atoms with Gasteiger partial charge in [-0.3, -0.25) is 9.59 Å². The van der Waals surface area contributed by atoms with E-state index in [1.165, 1.54) is 31.2 Å². The average molecular weight is 383 g/mol. The lowest BCUT2D eigenvalue weighted by atomic mass is 10.1. The van der Waals surface area contributed by atoms with Gasteiger partial charge in [-0.15, -0.1) is 0 Å². The number of ether oxygens (including phenoxy) is 1. The first-order chi connectivity index (χ1) is 13.3. The Kier molecular flexibility index (Phi) is 5.54. The molecule has 28 heavy (non-hydrogen) atoms. The zero-order chi connectivity index (χ0) is 20.3. The van der Waals surface area contributed by atoms with Gasteiger partial charge in [-0.2, -0.15) is 0 Å². The highest BCUT2D eigenvalue weighted by atomic mass is 19.1. The van der Waals surface area contributed by atoms with Crippen molar-refractivity contribution in [3.05, 3.63) is 81.5 Å². The zero-order valence-corrected chi connectivity index (χ0v) is 15.3. The van der Waals surface area contributed by atoms with Crippen LogP contribution in [0.4, 0.5) is 4.39 Å². The topological polar surface area (TPSA) is 85.6 Å². The maximum Gasteiger partial charge on any atom is 0.375 e. The first-order valence-electron chi connectivity index (χ1n) is 8.61. The van der Waals surface area contributed by atoms with Gasteiger partial charge in [0.15, 0.2) is 11.5 Å². The lowest BCUT2D eigenvalue weighted by Gasteiger charge is -2.13. The summed E-state index contributed by atoms with van der Waals surface area (Å²) in [5, 5.41) is 2.95. The van der Waals surface area contributed by atoms with Gasteiger partial charge in [-0.05, 0) is 43.7 Å². The first-order valence-corrected chi connectivity index (χ1v) is 8.61. The van der Waals surface area contributed by atoms with E-state index >= 15 is 0 Å². The molecule has 3 rings (SSSR count). The normalized spacial score (nSPS) is 11.8. The van der Waals surface area contributed by atoms with Crippen LogP contribution in [-0.2, 0) is 16.1 Å². The SMILES string of the molecule is Cc1ccc2oc(C(=O)O[C@@H](C)C(=O)NCc3ccc(F)cc3)cc(=O)c2c1. The van der Waals surface area contributed by atoms with Crippen LogP contribution >= 0.6 is 0 Å². The quantitative estimate of drug-likeness (QED) is 0.685. The van der Waals surface area contributed by atoms with Crippen molar-refractivity contribution in [2.45, 2.75) is 26.5 Å². The summed E-state index contributed by atoms with van der Waals surface area (Å²) < 4.78 is 23.4. The Labute approximate surface area is 159 Å². The predicted molar refractivity (Wildman–Crippen MR) is 100 cm³/mol. The fourth-order valence-electron chi connectivity index (χ4n) is 2.58. The summed E-state index contributed by atoms with van der Waals surface area (Å²) in [4.78, 5) is 36.6. The van der Waals surface area contributed by atoms with Gasteiger partial charge in [0.1, 0.15) is 11.4 Å². The molecule has 2 aromatic carbocycles. The third-order valence-electron chi connectivity index (χ3n) is 4.12. The van der Waals surface area contributed by atoms with Crippen LogP contribution in [0.2, 0.25) is 0 Å². The number of halogens is 1. The van der Waals surface area contributed by atoms with Crippen molar-refractivity contribution in [3.8, 4) is 0 Å². The highest BCUT2D eigenvalue weighted by molar-refractivity contribution is 5.91. The molecule has 1 heterocycles. The van der Waals surface area contributed by atoms with E-state index in [9.17, 15) is 18.8 Å². The van der Waals surface area contributed by atoms with Gasteiger partial charge in [-0.25, -0.2) is 9.18 Å². The number of nitrogens with one attached hydrogen (secondary N) is 1. The van der Waals surface area contributed by atoms with Gasteiger partial charge in [0, 0.05) is 12.6 Å². The van der Waals surface area contributed by atoms with Crippen LogP contribution in [0.1, 0.15) is 28.6 Å². The second kappa shape index (κ2) is 8.04. The maximum absolute atomic E-state index is 12.9. The van der Waals surface area contributed by atoms with Gasteiger partial charge in [0.25, 0.3) is 5.91 Å². The molecule has 6 nitrogen and oxygen atoms in total. The standard InChI is InChI=1S/C21H18FNO5/c1-12-3-8-18-16(9-12)17(24)10-19(28-18)21(26)27-13(2)20(25)23-11-14-4-6-15(22)7-5-14/h3-10,13H,11H2,1-2H3,(H,23,25)/t13-/m0/s1. The second-order valence-electron chi connectivity index (χ2n) is 6.37. The number of hydrogen-bond donors (Lipinski definition) is 1. The van der Waals surface area contributed by atoms with Crippen LogP contribution < -0.4 is 10.7 Å². The summed E-state index contributed by atoms with van der Waals surface area (Å²) >= 11 is 0. The molecule has 0 aliphatic carbocycles. The number of carbonyl (C=O) groups excluding carboxylic acids is 2. The molecule has 1 amide bonds. The Balaban J connectivity index is 1.65. The van der Waals surface area contributed by atoms with E-state index < -0.39 is 18.0 Å². The van der Waals surface area contributed by atoms with E-state index in [0.717, 1.165) is 11.6 Å². The largest absolute Gasteiger partial charge is 0.449 e. The van der Waals surface area contributed by atoms with Gasteiger partial charge >= 0.3 is 5.97 Å². The molecule has 0 saturated heterocycles. The summed E-state index contributed by atoms with van der Waals surface area (Å²) in [7, 11) is 0. The number of carbonyl (C=O) groups is 2. The first kappa shape index (κ1) is 19.3. The van der Waals surface area contributed by atoms with Crippen LogP contribution in [0.3, 0.4) is 0 Å². The highest BCUT2D eigenvalue weighted by Gasteiger charge is 2.21. The molecule has 0 spiro atoms. The highest BCUT2D eigenvalue weighted by Crippen LogP contribution is 2.15. The molecule has 3 aromatic rings. The monoisotopic (exact) mass is 383 g/mol. The van der Waals surface area contributed by atoms with E-state index in [1.54, 1.807) is 18.2 Å². The molecule has 1 aromatic heterocycles. The van der Waals surface area contributed by atoms with E-state index in [0.29, 0.717) is 10.9 Å². The zero-order valence-electron chi connectivity index (χ0n) is 15.3. The third kappa shape index (κ3) is 4.43. The molecule has 0 unspecified atom stereocenters. The van der Waals surface area contributed by atoms with E-state index in [2.05, 4.69) is 5.32 Å². The maximum atomic E-state index is 12.9. The van der Waals surface area contributed by atoms with Crippen molar-refractivity contribution in [2.24, 2.45) is 0 Å². The lowest BCUT2D eigenvalue weighted by molar-refractivity contribution is -0.129. The molecule has 144 valence electrons. The molecule has 0 bridgehead atoms. The van der Waals surface area contributed by atoms with E-state index in [1.807, 2.05) is 6.92 Å². The summed E-state index contributed by atoms with van der Waals surface area (Å²) in [6.07, 6.45) is -1.10. The van der Waals surface area contributed by atoms with Gasteiger partial charge < -0.3 is 14.5 Å². The molecule has 0 fully saturated rings. The number of fused-ring (bicyclic) bond motifs is 1. The minimum atomic E-state index is -1.10. The summed E-state index contributed by atoms with van der Waals surface area (Å²) in [6, 6.07) is 11.7. The van der Waals surface area contributed by atoms with Crippen molar-refractivity contribution in [2.75, 3.05) is 0 Å². The summed E-state index contributed by atoms with van der Waals surface area (Å²) in [5.74, 6) is -2.09. The van der Waals surface area contributed by atoms with Crippen LogP contribution in [-0.4, -0.2) is 18.0 Å². The second-order valence-corrected chi connectivity index (χ2v) is 6.37. The number of esters is 1. The average Bonchev–Trinajstić information content (AvgIpc) is 2.67. The van der Waals surface area contributed by atoms with Crippen LogP contribution in [0.5, 0.6) is 0 Å². The number of aryl methyl sites for hydroxylation is 1. The van der Waals surface area contributed by atoms with Gasteiger partial charge in [0.2, 0.25) is 5.76 Å². The molecule has 1 N–H and O–H groups in total. The number of amides is 1. The van der Waals surface area contributed by atoms with Crippen LogP contribution in [0, 0.1) is 12.7 Å².